The van der Waals surface area contributed by atoms with Crippen LogP contribution >= 0.6 is 0 Å². The Kier molecular flexibility index (Phi) is 81.7. The van der Waals surface area contributed by atoms with Gasteiger partial charge in [-0.1, -0.05) is 343 Å². The van der Waals surface area contributed by atoms with Crippen LogP contribution in [0.4, 0.5) is 0 Å². The van der Waals surface area contributed by atoms with Crippen LogP contribution in [0.25, 0.3) is 0 Å². The van der Waals surface area contributed by atoms with E-state index in [0.717, 1.165) is 124 Å². The van der Waals surface area contributed by atoms with Gasteiger partial charge in [0.25, 0.3) is 0 Å². The van der Waals surface area contributed by atoms with Crippen LogP contribution in [-0.4, -0.2) is 278 Å². The highest BCUT2D eigenvalue weighted by Crippen LogP contribution is 2.39. The Labute approximate surface area is 904 Å². The van der Waals surface area contributed by atoms with Crippen molar-refractivity contribution in [2.45, 2.75) is 377 Å². The first kappa shape index (κ1) is 148. The first-order chi connectivity index (χ1) is 68.1. The lowest BCUT2D eigenvalue weighted by atomic mass is 9.79. The number of benzene rings is 5. The van der Waals surface area contributed by atoms with E-state index in [2.05, 4.69) is 262 Å². The van der Waals surface area contributed by atoms with Gasteiger partial charge in [-0.15, -0.1) is 0 Å². The molecule has 0 heterocycles. The molecular weight excluding hydrogens is 1840 g/mol. The first-order valence-corrected chi connectivity index (χ1v) is 56.7. The van der Waals surface area contributed by atoms with Gasteiger partial charge >= 0.3 is 29.8 Å². The van der Waals surface area contributed by atoms with E-state index in [-0.39, 0.29) is 74.7 Å². The van der Waals surface area contributed by atoms with Crippen molar-refractivity contribution in [1.29, 1.82) is 0 Å². The Hall–Kier alpha value is -6.95. The molecule has 147 heavy (non-hydrogen) atoms. The van der Waals surface area contributed by atoms with Gasteiger partial charge in [0.1, 0.15) is 96.3 Å². The maximum atomic E-state index is 12.6. The second-order valence-corrected chi connectivity index (χ2v) is 49.1. The molecule has 5 rings (SSSR count). The average Bonchev–Trinajstić information content (AvgIpc) is 0.842. The number of hydrogen-bond donors (Lipinski definition) is 5. The molecule has 20 nitrogen and oxygen atoms in total. The minimum absolute atomic E-state index is 0.0555. The van der Waals surface area contributed by atoms with Gasteiger partial charge in [-0.25, -0.2) is 0 Å². The molecule has 0 aliphatic carbocycles. The van der Waals surface area contributed by atoms with Crippen LogP contribution in [0.15, 0.2) is 152 Å². The Morgan fingerprint density at radius 3 is 0.605 bits per heavy atom. The van der Waals surface area contributed by atoms with Gasteiger partial charge in [0, 0.05) is 0 Å². The van der Waals surface area contributed by atoms with Gasteiger partial charge in [-0.3, -0.25) is 24.0 Å². The molecule has 12 atom stereocenters. The second kappa shape index (κ2) is 80.8. The largest absolute Gasteiger partial charge is 0.462 e. The maximum Gasteiger partial charge on any atom is 0.311 e. The summed E-state index contributed by atoms with van der Waals surface area (Å²) >= 11 is 0. The van der Waals surface area contributed by atoms with Crippen LogP contribution in [0.3, 0.4) is 0 Å². The summed E-state index contributed by atoms with van der Waals surface area (Å²) in [6.45, 7) is 71.6. The van der Waals surface area contributed by atoms with Crippen molar-refractivity contribution in [3.63, 3.8) is 0 Å². The number of esters is 5. The molecule has 0 amide bonds. The van der Waals surface area contributed by atoms with E-state index in [0.29, 0.717) is 80.2 Å². The third-order valence-electron chi connectivity index (χ3n) is 27.1. The lowest BCUT2D eigenvalue weighted by molar-refractivity contribution is -0.893. The number of carbonyl (C=O) groups excluding carboxylic acids is 5. The first-order valence-electron chi connectivity index (χ1n) is 56.7. The van der Waals surface area contributed by atoms with Crippen molar-refractivity contribution in [3.05, 3.63) is 179 Å². The summed E-state index contributed by atoms with van der Waals surface area (Å²) in [7, 11) is 24.4. The zero-order chi connectivity index (χ0) is 114. The predicted molar refractivity (Wildman–Crippen MR) is 624 cm³/mol. The third-order valence-corrected chi connectivity index (χ3v) is 27.1. The van der Waals surface area contributed by atoms with Gasteiger partial charge < -0.3 is 71.6 Å². The molecular formula is C127H234N5O15+5. The van der Waals surface area contributed by atoms with Crippen LogP contribution in [0.2, 0.25) is 0 Å². The number of hydrogen-bond acceptors (Lipinski definition) is 15. The van der Waals surface area contributed by atoms with E-state index in [1.807, 2.05) is 189 Å². The fraction of sp³-hybridized carbons (Fsp3) is 0.724. The number of quaternary nitrogens is 5. The molecule has 852 valence electrons. The predicted octanol–water partition coefficient (Wildman–Crippen LogP) is 27.1. The van der Waals surface area contributed by atoms with Crippen molar-refractivity contribution in [3.8, 4) is 0 Å². The molecule has 5 N–H and O–H groups in total. The monoisotopic (exact) mass is 2070 g/mol. The molecule has 0 aliphatic rings. The zero-order valence-electron chi connectivity index (χ0n) is 103. The molecule has 0 saturated carbocycles. The molecule has 5 aromatic carbocycles. The fourth-order valence-electron chi connectivity index (χ4n) is 15.3. The Morgan fingerprint density at radius 1 is 0.259 bits per heavy atom. The zero-order valence-corrected chi connectivity index (χ0v) is 103. The smallest absolute Gasteiger partial charge is 0.311 e. The summed E-state index contributed by atoms with van der Waals surface area (Å²) in [4.78, 5) is 62.0. The number of carbonyl (C=O) groups is 5. The van der Waals surface area contributed by atoms with Crippen LogP contribution in [0, 0.1) is 57.7 Å². The van der Waals surface area contributed by atoms with Crippen molar-refractivity contribution in [1.82, 2.24) is 0 Å². The van der Waals surface area contributed by atoms with E-state index in [4.69, 9.17) is 23.7 Å². The number of ether oxygens (including phenoxy) is 5. The Balaban J connectivity index is -0.000000538. The molecule has 12 unspecified atom stereocenters. The van der Waals surface area contributed by atoms with Gasteiger partial charge in [-0.2, -0.15) is 0 Å². The normalized spacial score (nSPS) is 14.2. The lowest BCUT2D eigenvalue weighted by Crippen LogP contribution is -2.47. The van der Waals surface area contributed by atoms with Crippen LogP contribution in [-0.2, 0) is 47.7 Å². The van der Waals surface area contributed by atoms with Crippen molar-refractivity contribution >= 4 is 29.8 Å². The number of nitrogens with zero attached hydrogens (tertiary/aromatic N) is 5. The lowest BCUT2D eigenvalue weighted by Gasteiger charge is -2.32. The highest BCUT2D eigenvalue weighted by molar-refractivity contribution is 5.77. The number of likely N-dealkylation sites (N-methyl/N-ethyl adjacent to an activating group) is 5. The Bertz CT molecular complexity index is 3950. The number of aliphatic hydroxyl groups excluding tert-OH is 5. The molecule has 0 radical (unpaired) electrons. The highest BCUT2D eigenvalue weighted by Gasteiger charge is 2.38. The summed E-state index contributed by atoms with van der Waals surface area (Å²) in [5.74, 6) is 4.62. The molecule has 0 saturated heterocycles. The van der Waals surface area contributed by atoms with Gasteiger partial charge in [0.15, 0.2) is 0 Å². The topological polar surface area (TPSA) is 233 Å². The van der Waals surface area contributed by atoms with E-state index < -0.39 is 46.8 Å². The van der Waals surface area contributed by atoms with Crippen molar-refractivity contribution in [2.24, 2.45) is 57.7 Å². The van der Waals surface area contributed by atoms with Crippen molar-refractivity contribution in [2.75, 3.05) is 170 Å². The van der Waals surface area contributed by atoms with E-state index in [9.17, 15) is 49.5 Å². The highest BCUT2D eigenvalue weighted by atomic mass is 16.6. The van der Waals surface area contributed by atoms with Gasteiger partial charge in [0.05, 0.1) is 132 Å². The van der Waals surface area contributed by atoms with Crippen LogP contribution in [0.5, 0.6) is 0 Å². The molecule has 5 aromatic rings. The summed E-state index contributed by atoms with van der Waals surface area (Å²) in [6.07, 6.45) is 13.1. The fourth-order valence-corrected chi connectivity index (χ4v) is 15.3. The number of rotatable bonds is 54. The minimum Gasteiger partial charge on any atom is -0.462 e. The second-order valence-electron chi connectivity index (χ2n) is 49.1. The summed E-state index contributed by atoms with van der Waals surface area (Å²) < 4.78 is 30.4. The molecule has 0 bridgehead atoms. The maximum absolute atomic E-state index is 12.6. The van der Waals surface area contributed by atoms with E-state index in [1.165, 1.54) is 59.9 Å². The third kappa shape index (κ3) is 78.8. The van der Waals surface area contributed by atoms with Gasteiger partial charge in [0.2, 0.25) is 0 Å². The van der Waals surface area contributed by atoms with Gasteiger partial charge in [-0.05, 0) is 213 Å². The molecule has 0 fully saturated rings. The summed E-state index contributed by atoms with van der Waals surface area (Å²) in [6, 6.07) is 51.5. The van der Waals surface area contributed by atoms with Crippen LogP contribution in [0.1, 0.15) is 375 Å². The number of aliphatic hydroxyl groups is 5. The minimum atomic E-state index is -0.638. The standard InChI is InChI=1S/C22H38NO3.C21H36NO3.2C20H34NO3.C19H32NO3.5C5H12/c1-7-14-23(5,6)16-20(24)17-26-21(25)22(3,4)15-18(8-2)19-12-10-9-11-13-19;1-7-17(18-12-10-9-11-13-18)14-21(3,4)20(24)25-16-19(23)15-22(5,6)8-2;1-7-16(17-11-9-8-10-12-17)13-20(2,3)19(23)24-15-18(22)14-21(4,5)6;1-6-17(18-11-9-8-10-12-18)13-16(3)20(23)24-15-19(22)14-21(4,5)7-2;1-6-16(17-10-8-7-9-11-17)12-15(2)19(22)23-14-18(21)13-20(3,4)5;5*1-4-5(2)3/h9-13,18,20,24H,7-8,14-17H2,1-6H3;9-13,17,19,23H,7-8,14-16H2,1-6H3;8-12,16,18,22H,7,13-15H2,1-6H3;8-12,16-17,19,22H,6-7,13-15H2,1-5H3;7-11,15-16,18,21H,6,12-14H2,1-5H3;5*5H,4H2,1-3H3/q5*+1;;;;;. The molecule has 0 spiro atoms. The van der Waals surface area contributed by atoms with E-state index >= 15 is 0 Å². The van der Waals surface area contributed by atoms with Crippen molar-refractivity contribution < 1.29 is 95.6 Å². The average molecular weight is 2070 g/mol. The van der Waals surface area contributed by atoms with Crippen LogP contribution < -0.4 is 0 Å². The summed E-state index contributed by atoms with van der Waals surface area (Å²) in [5.41, 5.74) is 4.57. The Morgan fingerprint density at radius 2 is 0.435 bits per heavy atom. The SMILES string of the molecule is CCC(C)C.CCC(C)C.CCC(C)C.CCC(C)C.CCC(C)C.CCC(CC(C)(C)C(=O)OCC(O)C[N+](C)(C)C)c1ccccc1.CCC(CC(C)(C)C(=O)OCC(O)C[N+](C)(C)CC)c1ccccc1.CCC(CC(C)C(=O)OCC(O)C[N+](C)(C)C)c1ccccc1.CCC(CC(C)C(=O)OCC(O)C[N+](C)(C)CC)c1ccccc1.CCC[N+](C)(C)CC(O)COC(=O)C(C)(C)CC(CC)c1ccccc1. The molecule has 20 heteroatoms. The summed E-state index contributed by atoms with van der Waals surface area (Å²) in [5, 5.41) is 50.4. The van der Waals surface area contributed by atoms with E-state index in [1.54, 1.807) is 0 Å². The molecule has 0 aromatic heterocycles. The molecule has 0 aliphatic heterocycles. The quantitative estimate of drug-likeness (QED) is 0.0138.